The standard InChI is InChI=1S/C17H28N2O6/c1-11(18)16(24)19(13(8-9-20)10-14(21)22)17(25)15(23)12-6-4-2-3-5-7-12/h9,11-13,15,23H,2-8,10,18H2,1H3,(H,21,22)/t11-,13+,15-/m0/s1. The van der Waals surface area contributed by atoms with Crippen LogP contribution >= 0.6 is 0 Å². The van der Waals surface area contributed by atoms with Crippen molar-refractivity contribution in [2.24, 2.45) is 11.7 Å². The van der Waals surface area contributed by atoms with E-state index < -0.39 is 42.4 Å². The molecule has 0 unspecified atom stereocenters. The van der Waals surface area contributed by atoms with Gasteiger partial charge in [0.15, 0.2) is 0 Å². The minimum absolute atomic E-state index is 0.278. The summed E-state index contributed by atoms with van der Waals surface area (Å²) in [5.74, 6) is -3.17. The number of aliphatic carboxylic acids is 1. The lowest BCUT2D eigenvalue weighted by Gasteiger charge is -2.33. The normalized spacial score (nSPS) is 19.3. The average molecular weight is 356 g/mol. The Kier molecular flexibility index (Phi) is 8.71. The predicted molar refractivity (Wildman–Crippen MR) is 89.4 cm³/mol. The fourth-order valence-electron chi connectivity index (χ4n) is 3.25. The van der Waals surface area contributed by atoms with Crippen molar-refractivity contribution in [2.45, 2.75) is 76.5 Å². The third-order valence-corrected chi connectivity index (χ3v) is 4.61. The Balaban J connectivity index is 3.06. The zero-order chi connectivity index (χ0) is 19.0. The molecule has 2 amide bonds. The van der Waals surface area contributed by atoms with Crippen molar-refractivity contribution in [3.63, 3.8) is 0 Å². The van der Waals surface area contributed by atoms with Gasteiger partial charge in [0.2, 0.25) is 5.91 Å². The van der Waals surface area contributed by atoms with Crippen LogP contribution in [0.15, 0.2) is 0 Å². The number of hydrogen-bond acceptors (Lipinski definition) is 6. The maximum absolute atomic E-state index is 12.8. The van der Waals surface area contributed by atoms with Crippen molar-refractivity contribution >= 4 is 24.1 Å². The quantitative estimate of drug-likeness (QED) is 0.424. The average Bonchev–Trinajstić information content (AvgIpc) is 2.82. The first kappa shape index (κ1) is 21.2. The van der Waals surface area contributed by atoms with E-state index >= 15 is 0 Å². The van der Waals surface area contributed by atoms with Crippen LogP contribution in [-0.4, -0.2) is 57.4 Å². The molecule has 0 radical (unpaired) electrons. The van der Waals surface area contributed by atoms with Gasteiger partial charge in [-0.2, -0.15) is 0 Å². The van der Waals surface area contributed by atoms with Gasteiger partial charge in [0, 0.05) is 6.42 Å². The molecule has 8 heteroatoms. The summed E-state index contributed by atoms with van der Waals surface area (Å²) in [5.41, 5.74) is 5.58. The van der Waals surface area contributed by atoms with E-state index in [9.17, 15) is 24.3 Å². The second kappa shape index (κ2) is 10.2. The second-order valence-electron chi connectivity index (χ2n) is 6.69. The summed E-state index contributed by atoms with van der Waals surface area (Å²) in [4.78, 5) is 47.8. The van der Waals surface area contributed by atoms with Crippen LogP contribution in [-0.2, 0) is 19.2 Å². The van der Waals surface area contributed by atoms with Crippen molar-refractivity contribution in [1.29, 1.82) is 0 Å². The lowest BCUT2D eigenvalue weighted by molar-refractivity contribution is -0.157. The van der Waals surface area contributed by atoms with Gasteiger partial charge >= 0.3 is 5.97 Å². The lowest BCUT2D eigenvalue weighted by atomic mass is 9.92. The SMILES string of the molecule is C[C@H](N)C(=O)N(C(=O)[C@@H](O)C1CCCCCC1)[C@H](CC=O)CC(=O)O. The number of hydrogen-bond donors (Lipinski definition) is 3. The van der Waals surface area contributed by atoms with Gasteiger partial charge in [-0.05, 0) is 25.7 Å². The highest BCUT2D eigenvalue weighted by Crippen LogP contribution is 2.27. The Morgan fingerprint density at radius 2 is 1.72 bits per heavy atom. The first-order valence-electron chi connectivity index (χ1n) is 8.75. The van der Waals surface area contributed by atoms with Gasteiger partial charge in [0.1, 0.15) is 12.4 Å². The zero-order valence-corrected chi connectivity index (χ0v) is 14.6. The summed E-state index contributed by atoms with van der Waals surface area (Å²) in [5, 5.41) is 19.5. The van der Waals surface area contributed by atoms with Crippen molar-refractivity contribution in [3.05, 3.63) is 0 Å². The number of rotatable bonds is 8. The van der Waals surface area contributed by atoms with E-state index in [4.69, 9.17) is 10.8 Å². The molecule has 25 heavy (non-hydrogen) atoms. The molecule has 0 bridgehead atoms. The van der Waals surface area contributed by atoms with E-state index in [0.29, 0.717) is 24.0 Å². The number of aliphatic hydroxyl groups is 1. The monoisotopic (exact) mass is 356 g/mol. The van der Waals surface area contributed by atoms with Gasteiger partial charge < -0.3 is 20.7 Å². The van der Waals surface area contributed by atoms with Gasteiger partial charge in [0.25, 0.3) is 5.91 Å². The number of carbonyl (C=O) groups is 4. The zero-order valence-electron chi connectivity index (χ0n) is 14.6. The number of aldehydes is 1. The first-order chi connectivity index (χ1) is 11.8. The van der Waals surface area contributed by atoms with Crippen molar-refractivity contribution in [3.8, 4) is 0 Å². The largest absolute Gasteiger partial charge is 0.481 e. The van der Waals surface area contributed by atoms with Crippen LogP contribution in [0, 0.1) is 5.92 Å². The molecule has 1 aliphatic rings. The molecule has 0 heterocycles. The molecular formula is C17H28N2O6. The molecule has 1 rings (SSSR count). The molecule has 0 saturated heterocycles. The number of carbonyl (C=O) groups excluding carboxylic acids is 3. The molecule has 0 spiro atoms. The predicted octanol–water partition coefficient (Wildman–Crippen LogP) is 0.452. The molecule has 3 atom stereocenters. The molecule has 0 aliphatic heterocycles. The third-order valence-electron chi connectivity index (χ3n) is 4.61. The molecule has 8 nitrogen and oxygen atoms in total. The molecule has 1 aliphatic carbocycles. The summed E-state index contributed by atoms with van der Waals surface area (Å²) in [7, 11) is 0. The second-order valence-corrected chi connectivity index (χ2v) is 6.69. The highest BCUT2D eigenvalue weighted by molar-refractivity contribution is 6.00. The van der Waals surface area contributed by atoms with Gasteiger partial charge in [-0.25, -0.2) is 0 Å². The Morgan fingerprint density at radius 3 is 2.16 bits per heavy atom. The van der Waals surface area contributed by atoms with E-state index in [-0.39, 0.29) is 12.3 Å². The van der Waals surface area contributed by atoms with E-state index in [1.807, 2.05) is 0 Å². The maximum Gasteiger partial charge on any atom is 0.305 e. The van der Waals surface area contributed by atoms with Crippen molar-refractivity contribution in [1.82, 2.24) is 4.90 Å². The minimum Gasteiger partial charge on any atom is -0.481 e. The summed E-state index contributed by atoms with van der Waals surface area (Å²) < 4.78 is 0. The van der Waals surface area contributed by atoms with E-state index in [2.05, 4.69) is 0 Å². The third kappa shape index (κ3) is 6.21. The topological polar surface area (TPSA) is 138 Å². The van der Waals surface area contributed by atoms with Gasteiger partial charge in [0.05, 0.1) is 18.5 Å². The molecule has 1 fully saturated rings. The molecular weight excluding hydrogens is 328 g/mol. The summed E-state index contributed by atoms with van der Waals surface area (Å²) in [6.07, 6.45) is 3.37. The number of aliphatic hydroxyl groups excluding tert-OH is 1. The van der Waals surface area contributed by atoms with E-state index in [0.717, 1.165) is 25.7 Å². The summed E-state index contributed by atoms with van der Waals surface area (Å²) in [6.45, 7) is 1.37. The highest BCUT2D eigenvalue weighted by Gasteiger charge is 2.38. The fourth-order valence-corrected chi connectivity index (χ4v) is 3.25. The molecule has 0 aromatic heterocycles. The van der Waals surface area contributed by atoms with Crippen LogP contribution in [0.25, 0.3) is 0 Å². The van der Waals surface area contributed by atoms with E-state index in [1.165, 1.54) is 6.92 Å². The molecule has 0 aromatic rings. The van der Waals surface area contributed by atoms with Crippen molar-refractivity contribution in [2.75, 3.05) is 0 Å². The molecule has 142 valence electrons. The Bertz CT molecular complexity index is 486. The number of carboxylic acids is 1. The Hall–Kier alpha value is -1.80. The molecule has 0 aromatic carbocycles. The molecule has 1 saturated carbocycles. The minimum atomic E-state index is -1.40. The van der Waals surface area contributed by atoms with Crippen molar-refractivity contribution < 1.29 is 29.4 Å². The van der Waals surface area contributed by atoms with Gasteiger partial charge in [-0.15, -0.1) is 0 Å². The smallest absolute Gasteiger partial charge is 0.305 e. The fraction of sp³-hybridized carbons (Fsp3) is 0.765. The first-order valence-corrected chi connectivity index (χ1v) is 8.75. The van der Waals surface area contributed by atoms with Gasteiger partial charge in [-0.3, -0.25) is 19.3 Å². The number of nitrogens with two attached hydrogens (primary N) is 1. The number of imide groups is 1. The van der Waals surface area contributed by atoms with Crippen LogP contribution < -0.4 is 5.73 Å². The van der Waals surface area contributed by atoms with E-state index in [1.54, 1.807) is 0 Å². The van der Waals surface area contributed by atoms with Crippen LogP contribution in [0.4, 0.5) is 0 Å². The number of carboxylic acid groups (broad SMARTS) is 1. The van der Waals surface area contributed by atoms with Crippen LogP contribution in [0.5, 0.6) is 0 Å². The highest BCUT2D eigenvalue weighted by atomic mass is 16.4. The van der Waals surface area contributed by atoms with Crippen LogP contribution in [0.1, 0.15) is 58.3 Å². The Morgan fingerprint density at radius 1 is 1.16 bits per heavy atom. The maximum atomic E-state index is 12.8. The van der Waals surface area contributed by atoms with Crippen LogP contribution in [0.3, 0.4) is 0 Å². The Labute approximate surface area is 147 Å². The van der Waals surface area contributed by atoms with Gasteiger partial charge in [-0.1, -0.05) is 25.7 Å². The summed E-state index contributed by atoms with van der Waals surface area (Å²) >= 11 is 0. The number of amides is 2. The molecule has 4 N–H and O–H groups in total. The number of nitrogens with zero attached hydrogens (tertiary/aromatic N) is 1. The van der Waals surface area contributed by atoms with Crippen LogP contribution in [0.2, 0.25) is 0 Å². The summed E-state index contributed by atoms with van der Waals surface area (Å²) in [6, 6.07) is -2.20. The lowest BCUT2D eigenvalue weighted by Crippen LogP contribution is -2.55.